The van der Waals surface area contributed by atoms with Crippen LogP contribution >= 0.6 is 0 Å². The van der Waals surface area contributed by atoms with Crippen LogP contribution in [0.4, 0.5) is 11.4 Å². The molecule has 1 spiro atoms. The first-order valence-electron chi connectivity index (χ1n) is 11.6. The summed E-state index contributed by atoms with van der Waals surface area (Å²) in [6.45, 7) is 0. The minimum atomic E-state index is -3.98. The summed E-state index contributed by atoms with van der Waals surface area (Å²) in [5.41, 5.74) is 0.534. The van der Waals surface area contributed by atoms with E-state index in [4.69, 9.17) is 8.37 Å². The zero-order chi connectivity index (χ0) is 23.1. The second kappa shape index (κ2) is 8.69. The first kappa shape index (κ1) is 22.8. The molecule has 3 atom stereocenters. The Labute approximate surface area is 195 Å². The molecule has 178 valence electrons. The van der Waals surface area contributed by atoms with Gasteiger partial charge < -0.3 is 5.32 Å². The number of rotatable bonds is 0. The predicted molar refractivity (Wildman–Crippen MR) is 124 cm³/mol. The molecular formula is C24H29NO6S2. The van der Waals surface area contributed by atoms with Crippen LogP contribution in [0.25, 0.3) is 0 Å². The quantitative estimate of drug-likeness (QED) is 0.511. The maximum absolute atomic E-state index is 13.3. The Morgan fingerprint density at radius 2 is 1.30 bits per heavy atom. The van der Waals surface area contributed by atoms with E-state index in [-0.39, 0.29) is 15.7 Å². The summed E-state index contributed by atoms with van der Waals surface area (Å²) in [6.07, 6.45) is 5.97. The third-order valence-corrected chi connectivity index (χ3v) is 9.97. The van der Waals surface area contributed by atoms with Crippen molar-refractivity contribution in [3.63, 3.8) is 0 Å². The fourth-order valence-corrected chi connectivity index (χ4v) is 7.78. The Hall–Kier alpha value is -1.94. The van der Waals surface area contributed by atoms with Gasteiger partial charge in [0, 0.05) is 11.4 Å². The van der Waals surface area contributed by atoms with Crippen molar-refractivity contribution in [2.75, 3.05) is 5.32 Å². The van der Waals surface area contributed by atoms with Gasteiger partial charge in [-0.15, -0.1) is 0 Å². The van der Waals surface area contributed by atoms with Crippen molar-refractivity contribution in [2.24, 2.45) is 5.92 Å². The topological polar surface area (TPSA) is 98.8 Å². The predicted octanol–water partition coefficient (Wildman–Crippen LogP) is 5.12. The summed E-state index contributed by atoms with van der Waals surface area (Å²) in [5, 5.41) is 3.16. The Morgan fingerprint density at radius 3 is 1.97 bits per heavy atom. The molecule has 3 aliphatic heterocycles. The Kier molecular flexibility index (Phi) is 6.01. The summed E-state index contributed by atoms with van der Waals surface area (Å²) in [7, 11) is -7.93. The van der Waals surface area contributed by atoms with Gasteiger partial charge in [0.05, 0.1) is 21.5 Å². The number of hydrogen-bond acceptors (Lipinski definition) is 7. The molecular weight excluding hydrogens is 462 g/mol. The SMILES string of the molecule is O=S1(=O)OC2CCC3(CCCCCC2CC3)OS(=O)(=O)c2ccc(cc2)Nc2ccc1cc2. The molecule has 0 amide bonds. The van der Waals surface area contributed by atoms with E-state index < -0.39 is 31.9 Å². The standard InChI is InChI=1S/C24H29NO6S2/c26-32(27)21-9-5-19(6-10-21)25-20-7-11-22(12-8-20)33(28,29)31-24-15-3-1-2-4-18(13-16-24)23(30-32)14-17-24/h5-12,18,23,25H,1-4,13-17H2. The van der Waals surface area contributed by atoms with Gasteiger partial charge in [-0.3, -0.25) is 8.37 Å². The van der Waals surface area contributed by atoms with Gasteiger partial charge in [-0.1, -0.05) is 19.3 Å². The Bertz CT molecular complexity index is 1210. The van der Waals surface area contributed by atoms with Crippen LogP contribution in [0.2, 0.25) is 0 Å². The van der Waals surface area contributed by atoms with E-state index in [0.717, 1.165) is 25.7 Å². The molecule has 0 aromatic heterocycles. The first-order chi connectivity index (χ1) is 15.7. The van der Waals surface area contributed by atoms with Crippen LogP contribution in [-0.4, -0.2) is 28.5 Å². The highest BCUT2D eigenvalue weighted by Crippen LogP contribution is 2.43. The van der Waals surface area contributed by atoms with E-state index in [2.05, 4.69) is 5.32 Å². The highest BCUT2D eigenvalue weighted by Gasteiger charge is 2.43. The van der Waals surface area contributed by atoms with Crippen LogP contribution in [-0.2, 0) is 28.6 Å². The molecule has 3 heterocycles. The highest BCUT2D eigenvalue weighted by molar-refractivity contribution is 7.87. The van der Waals surface area contributed by atoms with Crippen LogP contribution in [0.3, 0.4) is 0 Å². The normalized spacial score (nSPS) is 31.0. The lowest BCUT2D eigenvalue weighted by Gasteiger charge is -2.32. The molecule has 2 fully saturated rings. The van der Waals surface area contributed by atoms with Crippen molar-refractivity contribution in [3.8, 4) is 0 Å². The van der Waals surface area contributed by atoms with Gasteiger partial charge in [0.15, 0.2) is 0 Å². The molecule has 2 saturated carbocycles. The van der Waals surface area contributed by atoms with Gasteiger partial charge >= 0.3 is 0 Å². The van der Waals surface area contributed by atoms with Crippen molar-refractivity contribution in [1.82, 2.24) is 0 Å². The molecule has 33 heavy (non-hydrogen) atoms. The van der Waals surface area contributed by atoms with Crippen molar-refractivity contribution >= 4 is 31.6 Å². The van der Waals surface area contributed by atoms with Gasteiger partial charge in [-0.25, -0.2) is 0 Å². The van der Waals surface area contributed by atoms with E-state index >= 15 is 0 Å². The van der Waals surface area contributed by atoms with Gasteiger partial charge in [-0.2, -0.15) is 16.8 Å². The third kappa shape index (κ3) is 4.82. The van der Waals surface area contributed by atoms with E-state index in [9.17, 15) is 16.8 Å². The van der Waals surface area contributed by atoms with Gasteiger partial charge in [-0.05, 0) is 93.0 Å². The molecule has 2 aromatic carbocycles. The molecule has 5 aliphatic rings. The maximum Gasteiger partial charge on any atom is 0.297 e. The zero-order valence-corrected chi connectivity index (χ0v) is 20.0. The fourth-order valence-electron chi connectivity index (χ4n) is 5.34. The molecule has 2 aromatic rings. The lowest BCUT2D eigenvalue weighted by molar-refractivity contribution is 0.0443. The van der Waals surface area contributed by atoms with Gasteiger partial charge in [0.25, 0.3) is 20.2 Å². The van der Waals surface area contributed by atoms with Gasteiger partial charge in [0.1, 0.15) is 0 Å². The number of fused-ring (bicyclic) bond motifs is 4. The van der Waals surface area contributed by atoms with Crippen molar-refractivity contribution in [3.05, 3.63) is 48.5 Å². The van der Waals surface area contributed by atoms with E-state index in [1.165, 1.54) is 12.1 Å². The molecule has 7 bridgehead atoms. The van der Waals surface area contributed by atoms with Crippen LogP contribution in [0.5, 0.6) is 0 Å². The number of nitrogens with one attached hydrogen (secondary N) is 1. The molecule has 9 heteroatoms. The summed E-state index contributed by atoms with van der Waals surface area (Å²) >= 11 is 0. The first-order valence-corrected chi connectivity index (χ1v) is 14.4. The molecule has 3 unspecified atom stereocenters. The maximum atomic E-state index is 13.3. The molecule has 7 rings (SSSR count). The van der Waals surface area contributed by atoms with E-state index in [0.29, 0.717) is 43.5 Å². The monoisotopic (exact) mass is 491 g/mol. The van der Waals surface area contributed by atoms with E-state index in [1.54, 1.807) is 36.4 Å². The summed E-state index contributed by atoms with van der Waals surface area (Å²) in [6, 6.07) is 12.9. The lowest BCUT2D eigenvalue weighted by atomic mass is 9.89. The molecule has 7 nitrogen and oxygen atoms in total. The largest absolute Gasteiger partial charge is 0.356 e. The number of hydrogen-bond donors (Lipinski definition) is 1. The molecule has 0 saturated heterocycles. The molecule has 2 aliphatic carbocycles. The number of benzene rings is 2. The van der Waals surface area contributed by atoms with Crippen LogP contribution in [0.1, 0.15) is 57.8 Å². The average molecular weight is 492 g/mol. The fraction of sp³-hybridized carbons (Fsp3) is 0.500. The van der Waals surface area contributed by atoms with Crippen molar-refractivity contribution in [2.45, 2.75) is 79.3 Å². The minimum absolute atomic E-state index is 0.0464. The third-order valence-electron chi connectivity index (χ3n) is 7.20. The van der Waals surface area contributed by atoms with Crippen molar-refractivity contribution < 1.29 is 25.2 Å². The molecule has 1 N–H and O–H groups in total. The summed E-state index contributed by atoms with van der Waals surface area (Å²) in [4.78, 5) is 0.242. The summed E-state index contributed by atoms with van der Waals surface area (Å²) < 4.78 is 64.5. The lowest BCUT2D eigenvalue weighted by Crippen LogP contribution is -2.35. The number of anilines is 2. The van der Waals surface area contributed by atoms with E-state index in [1.807, 2.05) is 0 Å². The van der Waals surface area contributed by atoms with Gasteiger partial charge in [0.2, 0.25) is 0 Å². The van der Waals surface area contributed by atoms with Crippen LogP contribution in [0.15, 0.2) is 58.3 Å². The van der Waals surface area contributed by atoms with Crippen LogP contribution in [0, 0.1) is 5.92 Å². The highest BCUT2D eigenvalue weighted by atomic mass is 32.2. The second-order valence-corrected chi connectivity index (χ2v) is 12.5. The Balaban J connectivity index is 1.61. The second-order valence-electron chi connectivity index (χ2n) is 9.42. The zero-order valence-electron chi connectivity index (χ0n) is 18.4. The van der Waals surface area contributed by atoms with Crippen LogP contribution < -0.4 is 5.32 Å². The summed E-state index contributed by atoms with van der Waals surface area (Å²) in [5.74, 6) is 0.0464. The minimum Gasteiger partial charge on any atom is -0.356 e. The average Bonchev–Trinajstić information content (AvgIpc) is 2.86. The molecule has 0 radical (unpaired) electrons. The Morgan fingerprint density at radius 1 is 0.697 bits per heavy atom. The van der Waals surface area contributed by atoms with Crippen molar-refractivity contribution in [1.29, 1.82) is 0 Å². The smallest absolute Gasteiger partial charge is 0.297 e.